The topological polar surface area (TPSA) is 88.4 Å². The summed E-state index contributed by atoms with van der Waals surface area (Å²) in [7, 11) is 1.54. The van der Waals surface area contributed by atoms with Crippen molar-refractivity contribution in [1.82, 2.24) is 20.2 Å². The molecule has 2 aromatic carbocycles. The zero-order valence-electron chi connectivity index (χ0n) is 13.7. The molecular formula is C17H16N4O4. The van der Waals surface area contributed by atoms with E-state index in [-0.39, 0.29) is 0 Å². The number of ether oxygens (including phenoxy) is 3. The van der Waals surface area contributed by atoms with Crippen LogP contribution in [0.5, 0.6) is 17.2 Å². The molecule has 25 heavy (non-hydrogen) atoms. The van der Waals surface area contributed by atoms with E-state index in [1.54, 1.807) is 49.4 Å². The van der Waals surface area contributed by atoms with E-state index in [2.05, 4.69) is 15.5 Å². The first-order valence-electron chi connectivity index (χ1n) is 7.52. The van der Waals surface area contributed by atoms with E-state index in [0.717, 1.165) is 0 Å². The highest BCUT2D eigenvalue weighted by molar-refractivity contribution is 5.77. The number of nitrogens with zero attached hydrogens (tertiary/aromatic N) is 4. The largest absolute Gasteiger partial charge is 0.493 e. The Balaban J connectivity index is 1.68. The van der Waals surface area contributed by atoms with E-state index >= 15 is 0 Å². The van der Waals surface area contributed by atoms with Gasteiger partial charge in [0.2, 0.25) is 0 Å². The molecule has 0 spiro atoms. The molecule has 0 saturated heterocycles. The van der Waals surface area contributed by atoms with Gasteiger partial charge < -0.3 is 14.2 Å². The minimum Gasteiger partial charge on any atom is -0.493 e. The molecule has 0 N–H and O–H groups in total. The molecule has 3 rings (SSSR count). The number of hydrogen-bond acceptors (Lipinski definition) is 7. The molecule has 1 unspecified atom stereocenters. The van der Waals surface area contributed by atoms with Gasteiger partial charge in [0, 0.05) is 6.07 Å². The standard InChI is InChI=1S/C17H16N4O4/c1-12(24-16-9-4-3-8-15(16)23-2)17(22)25-14-7-5-6-13(10-14)21-11-18-19-20-21/h3-12H,1-2H3. The summed E-state index contributed by atoms with van der Waals surface area (Å²) in [5.74, 6) is 0.855. The predicted molar refractivity (Wildman–Crippen MR) is 87.9 cm³/mol. The minimum absolute atomic E-state index is 0.369. The van der Waals surface area contributed by atoms with Gasteiger partial charge in [0.05, 0.1) is 12.8 Å². The van der Waals surface area contributed by atoms with Crippen molar-refractivity contribution in [2.24, 2.45) is 0 Å². The molecule has 1 atom stereocenters. The second-order valence-electron chi connectivity index (χ2n) is 5.08. The summed E-state index contributed by atoms with van der Waals surface area (Å²) >= 11 is 0. The number of aromatic nitrogens is 4. The van der Waals surface area contributed by atoms with Crippen LogP contribution in [-0.4, -0.2) is 39.4 Å². The van der Waals surface area contributed by atoms with Gasteiger partial charge in [0.25, 0.3) is 0 Å². The molecular weight excluding hydrogens is 324 g/mol. The third kappa shape index (κ3) is 3.92. The van der Waals surface area contributed by atoms with Crippen LogP contribution < -0.4 is 14.2 Å². The molecule has 0 radical (unpaired) electrons. The van der Waals surface area contributed by atoms with Crippen molar-refractivity contribution in [2.75, 3.05) is 7.11 Å². The summed E-state index contributed by atoms with van der Waals surface area (Å²) in [6.45, 7) is 1.61. The van der Waals surface area contributed by atoms with Crippen LogP contribution >= 0.6 is 0 Å². The van der Waals surface area contributed by atoms with Crippen LogP contribution in [0.3, 0.4) is 0 Å². The highest BCUT2D eigenvalue weighted by atomic mass is 16.6. The Morgan fingerprint density at radius 2 is 1.92 bits per heavy atom. The zero-order chi connectivity index (χ0) is 17.6. The maximum atomic E-state index is 12.3. The van der Waals surface area contributed by atoms with Crippen LogP contribution in [0.1, 0.15) is 6.92 Å². The van der Waals surface area contributed by atoms with Gasteiger partial charge in [0.1, 0.15) is 12.1 Å². The highest BCUT2D eigenvalue weighted by Gasteiger charge is 2.19. The monoisotopic (exact) mass is 340 g/mol. The lowest BCUT2D eigenvalue weighted by Crippen LogP contribution is -2.28. The van der Waals surface area contributed by atoms with Gasteiger partial charge in [-0.25, -0.2) is 9.48 Å². The molecule has 0 bridgehead atoms. The van der Waals surface area contributed by atoms with Crippen molar-refractivity contribution in [3.63, 3.8) is 0 Å². The van der Waals surface area contributed by atoms with Crippen molar-refractivity contribution in [3.8, 4) is 22.9 Å². The molecule has 8 nitrogen and oxygen atoms in total. The summed E-state index contributed by atoms with van der Waals surface area (Å²) in [6.07, 6.45) is 0.641. The molecule has 0 saturated carbocycles. The molecule has 0 aliphatic rings. The number of rotatable bonds is 6. The van der Waals surface area contributed by atoms with Gasteiger partial charge in [-0.15, -0.1) is 5.10 Å². The molecule has 1 aromatic heterocycles. The normalized spacial score (nSPS) is 11.6. The second-order valence-corrected chi connectivity index (χ2v) is 5.08. The van der Waals surface area contributed by atoms with E-state index in [9.17, 15) is 4.79 Å². The third-order valence-electron chi connectivity index (χ3n) is 3.35. The smallest absolute Gasteiger partial charge is 0.352 e. The Morgan fingerprint density at radius 1 is 1.12 bits per heavy atom. The summed E-state index contributed by atoms with van der Waals surface area (Å²) in [6, 6.07) is 14.0. The summed E-state index contributed by atoms with van der Waals surface area (Å²) in [5.41, 5.74) is 0.675. The number of benzene rings is 2. The SMILES string of the molecule is COc1ccccc1OC(C)C(=O)Oc1cccc(-n2cnnn2)c1. The maximum absolute atomic E-state index is 12.3. The van der Waals surface area contributed by atoms with Crippen LogP contribution in [0.15, 0.2) is 54.9 Å². The highest BCUT2D eigenvalue weighted by Crippen LogP contribution is 2.27. The predicted octanol–water partition coefficient (Wildman–Crippen LogP) is 2.04. The average Bonchev–Trinajstić information content (AvgIpc) is 3.17. The molecule has 8 heteroatoms. The van der Waals surface area contributed by atoms with Crippen molar-refractivity contribution in [1.29, 1.82) is 0 Å². The number of methoxy groups -OCH3 is 1. The van der Waals surface area contributed by atoms with Gasteiger partial charge in [-0.05, 0) is 41.6 Å². The third-order valence-corrected chi connectivity index (χ3v) is 3.35. The lowest BCUT2D eigenvalue weighted by Gasteiger charge is -2.16. The zero-order valence-corrected chi connectivity index (χ0v) is 13.7. The van der Waals surface area contributed by atoms with E-state index in [1.165, 1.54) is 18.1 Å². The maximum Gasteiger partial charge on any atom is 0.352 e. The van der Waals surface area contributed by atoms with Crippen LogP contribution in [0.25, 0.3) is 5.69 Å². The van der Waals surface area contributed by atoms with Crippen LogP contribution in [0.4, 0.5) is 0 Å². The Kier molecular flexibility index (Phi) is 4.89. The molecule has 0 aliphatic carbocycles. The van der Waals surface area contributed by atoms with Gasteiger partial charge in [-0.1, -0.05) is 18.2 Å². The summed E-state index contributed by atoms with van der Waals surface area (Å²) < 4.78 is 17.7. The van der Waals surface area contributed by atoms with Gasteiger partial charge in [-0.3, -0.25) is 0 Å². The molecule has 128 valence electrons. The fraction of sp³-hybridized carbons (Fsp3) is 0.176. The van der Waals surface area contributed by atoms with E-state index < -0.39 is 12.1 Å². The lowest BCUT2D eigenvalue weighted by molar-refractivity contribution is -0.141. The number of carbonyl (C=O) groups is 1. The molecule has 0 fully saturated rings. The first-order chi connectivity index (χ1) is 12.2. The molecule has 1 heterocycles. The summed E-state index contributed by atoms with van der Waals surface area (Å²) in [5, 5.41) is 10.9. The number of carbonyl (C=O) groups excluding carboxylic acids is 1. The van der Waals surface area contributed by atoms with Crippen molar-refractivity contribution >= 4 is 5.97 Å². The Morgan fingerprint density at radius 3 is 2.64 bits per heavy atom. The van der Waals surface area contributed by atoms with E-state index in [1.807, 2.05) is 6.07 Å². The van der Waals surface area contributed by atoms with Gasteiger partial charge in [0.15, 0.2) is 17.6 Å². The van der Waals surface area contributed by atoms with Crippen molar-refractivity contribution < 1.29 is 19.0 Å². The van der Waals surface area contributed by atoms with Gasteiger partial charge in [-0.2, -0.15) is 0 Å². The summed E-state index contributed by atoms with van der Waals surface area (Å²) in [4.78, 5) is 12.3. The fourth-order valence-corrected chi connectivity index (χ4v) is 2.12. The molecule has 3 aromatic rings. The molecule has 0 aliphatic heterocycles. The van der Waals surface area contributed by atoms with Gasteiger partial charge >= 0.3 is 5.97 Å². The van der Waals surface area contributed by atoms with Crippen LogP contribution in [-0.2, 0) is 4.79 Å². The van der Waals surface area contributed by atoms with Crippen molar-refractivity contribution in [2.45, 2.75) is 13.0 Å². The lowest BCUT2D eigenvalue weighted by atomic mass is 10.3. The van der Waals surface area contributed by atoms with Crippen LogP contribution in [0.2, 0.25) is 0 Å². The minimum atomic E-state index is -0.812. The quantitative estimate of drug-likeness (QED) is 0.501. The van der Waals surface area contributed by atoms with Crippen LogP contribution in [0, 0.1) is 0 Å². The fourth-order valence-electron chi connectivity index (χ4n) is 2.12. The number of tetrazole rings is 1. The van der Waals surface area contributed by atoms with E-state index in [0.29, 0.717) is 22.9 Å². The Hall–Kier alpha value is -3.42. The molecule has 0 amide bonds. The second kappa shape index (κ2) is 7.43. The Bertz CT molecular complexity index is 851. The van der Waals surface area contributed by atoms with Crippen molar-refractivity contribution in [3.05, 3.63) is 54.9 Å². The number of esters is 1. The Labute approximate surface area is 143 Å². The van der Waals surface area contributed by atoms with E-state index in [4.69, 9.17) is 14.2 Å². The number of hydrogen-bond donors (Lipinski definition) is 0. The average molecular weight is 340 g/mol. The number of para-hydroxylation sites is 2. The first-order valence-corrected chi connectivity index (χ1v) is 7.52. The first kappa shape index (κ1) is 16.4.